The quantitative estimate of drug-likeness (QED) is 0.861. The Bertz CT molecular complexity index is 826. The molecule has 0 aromatic heterocycles. The Balaban J connectivity index is 1.66. The molecular weight excluding hydrogens is 359 g/mol. The first-order valence-corrected chi connectivity index (χ1v) is 8.65. The van der Waals surface area contributed by atoms with Crippen LogP contribution < -0.4 is 15.0 Å². The first-order chi connectivity index (χ1) is 12.5. The Morgan fingerprint density at radius 1 is 1.31 bits per heavy atom. The summed E-state index contributed by atoms with van der Waals surface area (Å²) in [7, 11) is 0. The van der Waals surface area contributed by atoms with Crippen LogP contribution in [0.3, 0.4) is 0 Å². The van der Waals surface area contributed by atoms with Crippen molar-refractivity contribution >= 4 is 34.8 Å². The molecule has 2 aromatic carbocycles. The number of amides is 2. The van der Waals surface area contributed by atoms with E-state index in [2.05, 4.69) is 5.32 Å². The van der Waals surface area contributed by atoms with Gasteiger partial charge >= 0.3 is 0 Å². The molecule has 1 saturated heterocycles. The average molecular weight is 377 g/mol. The maximum Gasteiger partial charge on any atom is 0.229 e. The number of nitrogens with zero attached hydrogens (tertiary/aromatic N) is 1. The molecule has 0 bridgehead atoms. The van der Waals surface area contributed by atoms with Crippen molar-refractivity contribution in [3.8, 4) is 5.75 Å². The van der Waals surface area contributed by atoms with Gasteiger partial charge in [-0.2, -0.15) is 0 Å². The third-order valence-corrected chi connectivity index (χ3v) is 4.39. The second kappa shape index (κ2) is 7.74. The van der Waals surface area contributed by atoms with Crippen molar-refractivity contribution in [2.24, 2.45) is 5.92 Å². The first kappa shape index (κ1) is 18.2. The lowest BCUT2D eigenvalue weighted by atomic mass is 10.1. The minimum Gasteiger partial charge on any atom is -0.491 e. The number of nitrogens with one attached hydrogen (secondary N) is 1. The molecule has 136 valence electrons. The molecule has 0 aliphatic carbocycles. The lowest BCUT2D eigenvalue weighted by molar-refractivity contribution is -0.122. The van der Waals surface area contributed by atoms with Crippen LogP contribution in [0.5, 0.6) is 5.75 Å². The molecular formula is C19H18ClFN2O3. The second-order valence-corrected chi connectivity index (χ2v) is 6.39. The van der Waals surface area contributed by atoms with E-state index in [0.717, 1.165) is 0 Å². The second-order valence-electron chi connectivity index (χ2n) is 5.95. The fourth-order valence-electron chi connectivity index (χ4n) is 2.85. The van der Waals surface area contributed by atoms with Gasteiger partial charge < -0.3 is 15.0 Å². The lowest BCUT2D eigenvalue weighted by Crippen LogP contribution is -2.28. The number of hydrogen-bond acceptors (Lipinski definition) is 3. The molecule has 1 atom stereocenters. The van der Waals surface area contributed by atoms with E-state index in [1.54, 1.807) is 42.2 Å². The van der Waals surface area contributed by atoms with E-state index in [4.69, 9.17) is 16.3 Å². The zero-order chi connectivity index (χ0) is 18.7. The molecule has 7 heteroatoms. The summed E-state index contributed by atoms with van der Waals surface area (Å²) in [5.74, 6) is -1.37. The van der Waals surface area contributed by atoms with E-state index >= 15 is 0 Å². The SMILES string of the molecule is CCOc1ccc(NC(=O)C2CC(=O)N(c3ccc(Cl)cc3)C2)cc1F. The summed E-state index contributed by atoms with van der Waals surface area (Å²) < 4.78 is 19.0. The van der Waals surface area contributed by atoms with Gasteiger partial charge in [-0.05, 0) is 43.3 Å². The molecule has 3 rings (SSSR count). The predicted octanol–water partition coefficient (Wildman–Crippen LogP) is 3.87. The maximum absolute atomic E-state index is 13.9. The number of ether oxygens (including phenoxy) is 1. The Kier molecular flexibility index (Phi) is 5.42. The molecule has 1 fully saturated rings. The van der Waals surface area contributed by atoms with Crippen molar-refractivity contribution < 1.29 is 18.7 Å². The number of halogens is 2. The van der Waals surface area contributed by atoms with Crippen LogP contribution in [0.25, 0.3) is 0 Å². The van der Waals surface area contributed by atoms with Crippen molar-refractivity contribution in [3.05, 3.63) is 53.3 Å². The smallest absolute Gasteiger partial charge is 0.229 e. The summed E-state index contributed by atoms with van der Waals surface area (Å²) in [6.07, 6.45) is 0.105. The fraction of sp³-hybridized carbons (Fsp3) is 0.263. The molecule has 1 N–H and O–H groups in total. The van der Waals surface area contributed by atoms with E-state index in [-0.39, 0.29) is 30.5 Å². The summed E-state index contributed by atoms with van der Waals surface area (Å²) in [5, 5.41) is 3.24. The monoisotopic (exact) mass is 376 g/mol. The predicted molar refractivity (Wildman–Crippen MR) is 98.1 cm³/mol. The van der Waals surface area contributed by atoms with Gasteiger partial charge in [0.25, 0.3) is 0 Å². The van der Waals surface area contributed by atoms with Crippen LogP contribution in [0, 0.1) is 11.7 Å². The van der Waals surface area contributed by atoms with Gasteiger partial charge in [0.2, 0.25) is 11.8 Å². The number of carbonyl (C=O) groups is 2. The van der Waals surface area contributed by atoms with Gasteiger partial charge in [-0.25, -0.2) is 4.39 Å². The molecule has 26 heavy (non-hydrogen) atoms. The molecule has 5 nitrogen and oxygen atoms in total. The van der Waals surface area contributed by atoms with Gasteiger partial charge in [0, 0.05) is 35.4 Å². The minimum absolute atomic E-state index is 0.105. The summed E-state index contributed by atoms with van der Waals surface area (Å²) >= 11 is 5.86. The van der Waals surface area contributed by atoms with Gasteiger partial charge in [0.05, 0.1) is 12.5 Å². The highest BCUT2D eigenvalue weighted by Gasteiger charge is 2.35. The van der Waals surface area contributed by atoms with Gasteiger partial charge in [0.1, 0.15) is 0 Å². The minimum atomic E-state index is -0.546. The highest BCUT2D eigenvalue weighted by molar-refractivity contribution is 6.30. The Morgan fingerprint density at radius 3 is 2.69 bits per heavy atom. The summed E-state index contributed by atoms with van der Waals surface area (Å²) in [6.45, 7) is 2.39. The highest BCUT2D eigenvalue weighted by Crippen LogP contribution is 2.28. The Labute approximate surface area is 155 Å². The molecule has 0 radical (unpaired) electrons. The normalized spacial score (nSPS) is 16.7. The van der Waals surface area contributed by atoms with E-state index in [1.165, 1.54) is 12.1 Å². The topological polar surface area (TPSA) is 58.6 Å². The molecule has 2 aromatic rings. The van der Waals surface area contributed by atoms with Gasteiger partial charge in [-0.1, -0.05) is 11.6 Å². The van der Waals surface area contributed by atoms with Gasteiger partial charge in [-0.3, -0.25) is 9.59 Å². The third-order valence-electron chi connectivity index (χ3n) is 4.13. The number of carbonyl (C=O) groups excluding carboxylic acids is 2. The van der Waals surface area contributed by atoms with Gasteiger partial charge in [-0.15, -0.1) is 0 Å². The molecule has 1 aliphatic heterocycles. The summed E-state index contributed by atoms with van der Waals surface area (Å²) in [5.41, 5.74) is 1.02. The van der Waals surface area contributed by atoms with E-state index < -0.39 is 11.7 Å². The zero-order valence-electron chi connectivity index (χ0n) is 14.2. The lowest BCUT2D eigenvalue weighted by Gasteiger charge is -2.17. The number of benzene rings is 2. The van der Waals surface area contributed by atoms with E-state index in [0.29, 0.717) is 23.0 Å². The van der Waals surface area contributed by atoms with Crippen LogP contribution in [-0.2, 0) is 9.59 Å². The number of hydrogen-bond donors (Lipinski definition) is 1. The van der Waals surface area contributed by atoms with Crippen molar-refractivity contribution in [1.82, 2.24) is 0 Å². The van der Waals surface area contributed by atoms with E-state index in [9.17, 15) is 14.0 Å². The summed E-state index contributed by atoms with van der Waals surface area (Å²) in [4.78, 5) is 26.2. The third kappa shape index (κ3) is 3.96. The van der Waals surface area contributed by atoms with Crippen molar-refractivity contribution in [3.63, 3.8) is 0 Å². The van der Waals surface area contributed by atoms with Crippen LogP contribution in [0.2, 0.25) is 5.02 Å². The molecule has 0 saturated carbocycles. The zero-order valence-corrected chi connectivity index (χ0v) is 14.9. The standard InChI is InChI=1S/C19H18ClFN2O3/c1-2-26-17-8-5-14(10-16(17)21)22-19(25)12-9-18(24)23(11-12)15-6-3-13(20)4-7-15/h3-8,10,12H,2,9,11H2,1H3,(H,22,25). The summed E-state index contributed by atoms with van der Waals surface area (Å²) in [6, 6.07) is 11.1. The highest BCUT2D eigenvalue weighted by atomic mass is 35.5. The molecule has 1 unspecified atom stereocenters. The fourth-order valence-corrected chi connectivity index (χ4v) is 2.98. The maximum atomic E-state index is 13.9. The van der Waals surface area contributed by atoms with Crippen LogP contribution in [-0.4, -0.2) is 25.0 Å². The number of rotatable bonds is 5. The van der Waals surface area contributed by atoms with E-state index in [1.807, 2.05) is 0 Å². The largest absolute Gasteiger partial charge is 0.491 e. The molecule has 2 amide bonds. The number of anilines is 2. The Hall–Kier alpha value is -2.60. The molecule has 1 aliphatic rings. The van der Waals surface area contributed by atoms with Crippen LogP contribution in [0.1, 0.15) is 13.3 Å². The van der Waals surface area contributed by atoms with Crippen molar-refractivity contribution in [2.75, 3.05) is 23.4 Å². The van der Waals surface area contributed by atoms with Crippen molar-refractivity contribution in [1.29, 1.82) is 0 Å². The van der Waals surface area contributed by atoms with Crippen molar-refractivity contribution in [2.45, 2.75) is 13.3 Å². The van der Waals surface area contributed by atoms with Crippen LogP contribution >= 0.6 is 11.6 Å². The van der Waals surface area contributed by atoms with Crippen LogP contribution in [0.4, 0.5) is 15.8 Å². The first-order valence-electron chi connectivity index (χ1n) is 8.27. The molecule has 0 spiro atoms. The van der Waals surface area contributed by atoms with Gasteiger partial charge in [0.15, 0.2) is 11.6 Å². The average Bonchev–Trinajstić information content (AvgIpc) is 3.00. The van der Waals surface area contributed by atoms with Crippen LogP contribution in [0.15, 0.2) is 42.5 Å². The molecule has 1 heterocycles. The Morgan fingerprint density at radius 2 is 2.04 bits per heavy atom.